The molecule has 474 valence electrons. The van der Waals surface area contributed by atoms with Gasteiger partial charge >= 0.3 is 12.0 Å². The number of nitrogens with one attached hydrogen (secondary N) is 2. The highest BCUT2D eigenvalue weighted by Crippen LogP contribution is 2.48. The summed E-state index contributed by atoms with van der Waals surface area (Å²) < 4.78 is 28.0. The summed E-state index contributed by atoms with van der Waals surface area (Å²) in [6.45, 7) is 12.3. The molecule has 4 heterocycles. The molecule has 0 aliphatic carbocycles. The minimum atomic E-state index is -0.733. The number of anilines is 2. The zero-order valence-corrected chi connectivity index (χ0v) is 55.6. The molecule has 2 aliphatic heterocycles. The first-order valence-electron chi connectivity index (χ1n) is 30.2. The minimum Gasteiger partial charge on any atom is -0.691 e. The van der Waals surface area contributed by atoms with E-state index >= 15 is 0 Å². The topological polar surface area (TPSA) is 181 Å². The molecule has 0 saturated carbocycles. The van der Waals surface area contributed by atoms with Crippen LogP contribution >= 0.6 is 69.9 Å². The second kappa shape index (κ2) is 33.6. The van der Waals surface area contributed by atoms with Crippen LogP contribution in [0.5, 0.6) is 5.75 Å². The number of allylic oxidation sites excluding steroid dienone is 2. The van der Waals surface area contributed by atoms with Crippen LogP contribution in [0.4, 0.5) is 16.2 Å². The summed E-state index contributed by atoms with van der Waals surface area (Å²) in [6.07, 6.45) is 12.7. The van der Waals surface area contributed by atoms with E-state index in [0.717, 1.165) is 158 Å². The third kappa shape index (κ3) is 18.3. The number of aromatic nitrogens is 2. The molecule has 0 bridgehead atoms. The summed E-state index contributed by atoms with van der Waals surface area (Å²) in [5, 5.41) is 23.7. The van der Waals surface area contributed by atoms with Crippen LogP contribution in [0.25, 0.3) is 44.6 Å². The van der Waals surface area contributed by atoms with Crippen molar-refractivity contribution in [1.29, 1.82) is 0 Å². The highest BCUT2D eigenvalue weighted by atomic mass is 35.5. The maximum atomic E-state index is 12.4. The van der Waals surface area contributed by atoms with Gasteiger partial charge in [0.1, 0.15) is 11.3 Å². The number of thioether (sulfide) groups is 1. The van der Waals surface area contributed by atoms with Gasteiger partial charge in [-0.15, -0.1) is 0 Å². The highest BCUT2D eigenvalue weighted by molar-refractivity contribution is 8.04. The number of fused-ring (bicyclic) bond motifs is 4. The number of oxazole rings is 1. The van der Waals surface area contributed by atoms with Crippen LogP contribution in [-0.2, 0) is 43.4 Å². The Bertz CT molecular complexity index is 3810. The number of hydrogen-bond donors (Lipinski definition) is 3. The zero-order chi connectivity index (χ0) is 63.4. The molecule has 4 N–H and O–H groups in total. The predicted octanol–water partition coefficient (Wildman–Crippen LogP) is 15.7. The third-order valence-corrected chi connectivity index (χ3v) is 18.9. The van der Waals surface area contributed by atoms with E-state index in [4.69, 9.17) is 59.4 Å². The zero-order valence-electron chi connectivity index (χ0n) is 50.9. The third-order valence-electron chi connectivity index (χ3n) is 15.3. The van der Waals surface area contributed by atoms with Crippen molar-refractivity contribution in [3.8, 4) is 16.9 Å². The molecule has 0 spiro atoms. The first-order valence-corrected chi connectivity index (χ1v) is 33.9. The van der Waals surface area contributed by atoms with E-state index in [1.54, 1.807) is 23.1 Å². The second-order valence-corrected chi connectivity index (χ2v) is 25.9. The van der Waals surface area contributed by atoms with Gasteiger partial charge in [0, 0.05) is 101 Å². The number of nitrogens with two attached hydrogens (primary N) is 1. The normalized spacial score (nSPS) is 14.4. The Balaban J connectivity index is 0.000000224. The van der Waals surface area contributed by atoms with Gasteiger partial charge in [-0.3, -0.25) is 14.7 Å². The van der Waals surface area contributed by atoms with Gasteiger partial charge in [0.15, 0.2) is 18.8 Å². The molecule has 6 aromatic carbocycles. The lowest BCUT2D eigenvalue weighted by Crippen LogP contribution is -2.40. The van der Waals surface area contributed by atoms with E-state index in [-0.39, 0.29) is 12.5 Å². The average molecular weight is 1340 g/mol. The van der Waals surface area contributed by atoms with Gasteiger partial charge in [0.2, 0.25) is 22.9 Å². The van der Waals surface area contributed by atoms with Crippen molar-refractivity contribution < 1.29 is 52.1 Å². The monoisotopic (exact) mass is 1330 g/mol. The number of carbonyl (C=O) groups excluding carboxylic acids is 2. The Morgan fingerprint density at radius 2 is 1.52 bits per heavy atom. The number of nitrogens with zero attached hydrogens (tertiary/aromatic N) is 4. The Morgan fingerprint density at radius 1 is 0.778 bits per heavy atom. The fourth-order valence-electron chi connectivity index (χ4n) is 10.5. The summed E-state index contributed by atoms with van der Waals surface area (Å²) in [7, 11) is 0. The van der Waals surface area contributed by atoms with E-state index in [9.17, 15) is 14.8 Å². The average Bonchev–Trinajstić information content (AvgIpc) is 1.66. The quantitative estimate of drug-likeness (QED) is 0.0132. The van der Waals surface area contributed by atoms with Crippen LogP contribution in [0.15, 0.2) is 165 Å². The molecule has 0 saturated heterocycles. The van der Waals surface area contributed by atoms with E-state index < -0.39 is 11.7 Å². The lowest BCUT2D eigenvalue weighted by molar-refractivity contribution is -0.777. The first kappa shape index (κ1) is 67.8. The summed E-state index contributed by atoms with van der Waals surface area (Å²) in [5.74, 6) is 8.92. The second-order valence-electron chi connectivity index (χ2n) is 21.7. The van der Waals surface area contributed by atoms with E-state index in [2.05, 4.69) is 108 Å². The van der Waals surface area contributed by atoms with Crippen molar-refractivity contribution >= 4 is 127 Å². The standard InChI is InChI=1S/C38H39ClN4O6S3.C30H35Cl2N3O3/c1-38(47-40,17-19-41-37(44)46-26-27-9-4-2-5-10-27)18-21-43-32-24-30(39)14-16-34(32)52-36(43)25-35-42(20-8-22-50-49-48-45)31-23-29(13-15-33(31)51-35)28-11-6-3-7-12-28;1-4-15-33-28(36)10-8-7-9-16-35-25-20-23(32)12-14-27(25)38-30(35)18-21(5-2)17-29-34(6-3)24-19-22(31)11-13-26(24)37-29/h2-7,9-16,23-25H,8,17-22,26,40H2,1H3,(H-,41,44,45);11-14,17-20H,4-10,15-16H2,1-3H3/p+1. The fraction of sp³-hybridized carbons (Fsp3) is 0.324. The first-order chi connectivity index (χ1) is 43.8. The van der Waals surface area contributed by atoms with Crippen LogP contribution in [0, 0.1) is 0 Å². The van der Waals surface area contributed by atoms with Crippen molar-refractivity contribution in [2.75, 3.05) is 41.7 Å². The van der Waals surface area contributed by atoms with Crippen molar-refractivity contribution in [3.63, 3.8) is 0 Å². The van der Waals surface area contributed by atoms with Crippen LogP contribution in [-0.4, -0.2) is 49.5 Å². The Hall–Kier alpha value is -6.59. The van der Waals surface area contributed by atoms with Crippen molar-refractivity contribution in [1.82, 2.24) is 10.6 Å². The number of ether oxygens (including phenoxy) is 2. The molecule has 0 fully saturated rings. The van der Waals surface area contributed by atoms with Gasteiger partial charge in [-0.1, -0.05) is 138 Å². The predicted molar refractivity (Wildman–Crippen MR) is 362 cm³/mol. The number of halogens is 3. The van der Waals surface area contributed by atoms with E-state index in [1.165, 1.54) is 0 Å². The molecule has 16 nitrogen and oxygen atoms in total. The molecule has 2 aliphatic rings. The summed E-state index contributed by atoms with van der Waals surface area (Å²) >= 11 is 23.5. The minimum absolute atomic E-state index is 0.129. The van der Waals surface area contributed by atoms with Crippen molar-refractivity contribution in [2.24, 2.45) is 5.90 Å². The van der Waals surface area contributed by atoms with E-state index in [0.29, 0.717) is 59.7 Å². The Morgan fingerprint density at radius 3 is 2.28 bits per heavy atom. The maximum Gasteiger partial charge on any atom is 0.407 e. The lowest BCUT2D eigenvalue weighted by atomic mass is 9.97. The van der Waals surface area contributed by atoms with Crippen LogP contribution in [0.3, 0.4) is 0 Å². The van der Waals surface area contributed by atoms with Gasteiger partial charge in [-0.2, -0.15) is 13.5 Å². The molecule has 2 amide bonds. The summed E-state index contributed by atoms with van der Waals surface area (Å²) in [6, 6.07) is 43.7. The molecule has 0 radical (unpaired) electrons. The number of carbonyl (C=O) groups is 2. The number of hydrogen-bond acceptors (Lipinski definition) is 15. The van der Waals surface area contributed by atoms with Crippen molar-refractivity contribution in [2.45, 2.75) is 116 Å². The molecule has 1 unspecified atom stereocenters. The van der Waals surface area contributed by atoms with Gasteiger partial charge in [-0.25, -0.2) is 10.7 Å². The molecule has 8 aromatic rings. The fourth-order valence-corrected chi connectivity index (χ4v) is 13.6. The number of unbranched alkanes of at least 4 members (excludes halogenated alkanes) is 2. The lowest BCUT2D eigenvalue weighted by Gasteiger charge is -2.30. The molecule has 22 heteroatoms. The number of thiazole rings is 1. The van der Waals surface area contributed by atoms with Gasteiger partial charge in [0.05, 0.1) is 34.2 Å². The summed E-state index contributed by atoms with van der Waals surface area (Å²) in [4.78, 5) is 35.3. The smallest absolute Gasteiger partial charge is 0.407 e. The maximum absolute atomic E-state index is 12.4. The molecular formula is C68H75Cl3N7O9S3+. The van der Waals surface area contributed by atoms with Crippen LogP contribution < -0.4 is 45.5 Å². The Kier molecular flexibility index (Phi) is 25.3. The number of aryl methyl sites for hydroxylation is 2. The van der Waals surface area contributed by atoms with Gasteiger partial charge in [-0.05, 0) is 129 Å². The van der Waals surface area contributed by atoms with E-state index in [1.807, 2.05) is 110 Å². The molecule has 2 aromatic heterocycles. The van der Waals surface area contributed by atoms with Gasteiger partial charge < -0.3 is 39.6 Å². The number of amides is 2. The number of benzene rings is 6. The van der Waals surface area contributed by atoms with Crippen LogP contribution in [0.2, 0.25) is 15.1 Å². The largest absolute Gasteiger partial charge is 0.691 e. The number of rotatable bonds is 29. The highest BCUT2D eigenvalue weighted by Gasteiger charge is 2.33. The SMILES string of the molecule is CC(CCNC(=O)OCc1ccccc1)(CCN1C(=Cc2sc3ccc(-c4ccccc4)cc3[n+]2CCCSOO[O-])Sc2ccc(Cl)cc21)ON.CCCNC(=O)CCCCC[n+]1c(C=C(C=C2Oc3ccc(Cl)cc3N2CC)CC)oc2ccc(Cl)cc21. The number of alkyl carbamates (subject to hydrolysis) is 1. The Labute approximate surface area is 553 Å². The van der Waals surface area contributed by atoms with Crippen molar-refractivity contribution in [3.05, 3.63) is 188 Å². The van der Waals surface area contributed by atoms with Gasteiger partial charge in [0.25, 0.3) is 10.5 Å². The molecule has 10 rings (SSSR count). The molecular weight excluding hydrogens is 1260 g/mol. The molecule has 1 atom stereocenters. The summed E-state index contributed by atoms with van der Waals surface area (Å²) in [5.41, 5.74) is 8.39. The van der Waals surface area contributed by atoms with Crippen LogP contribution in [0.1, 0.15) is 102 Å². The molecule has 90 heavy (non-hydrogen) atoms.